The Morgan fingerprint density at radius 1 is 1.50 bits per heavy atom. The van der Waals surface area contributed by atoms with Crippen LogP contribution in [0.3, 0.4) is 0 Å². The standard InChI is InChI=1S/C13H18N2O3/c1-18-7-6-15-8-11(12(9-15)13(16)17)10-2-4-14-5-3-10/h2-5,11-12H,6-9H2,1H3,(H,16,17)/t11-,12+/m1/s1. The molecule has 1 aliphatic heterocycles. The molecule has 0 bridgehead atoms. The average Bonchev–Trinajstić information content (AvgIpc) is 2.82. The molecule has 5 heteroatoms. The van der Waals surface area contributed by atoms with E-state index in [9.17, 15) is 9.90 Å². The molecule has 1 aromatic rings. The number of rotatable bonds is 5. The molecule has 0 amide bonds. The summed E-state index contributed by atoms with van der Waals surface area (Å²) in [5, 5.41) is 9.31. The summed E-state index contributed by atoms with van der Waals surface area (Å²) in [7, 11) is 1.66. The maximum Gasteiger partial charge on any atom is 0.308 e. The maximum absolute atomic E-state index is 11.3. The van der Waals surface area contributed by atoms with Gasteiger partial charge in [0.15, 0.2) is 0 Å². The molecule has 1 saturated heterocycles. The fourth-order valence-electron chi connectivity index (χ4n) is 2.49. The van der Waals surface area contributed by atoms with Crippen molar-refractivity contribution in [1.29, 1.82) is 0 Å². The molecule has 0 spiro atoms. The van der Waals surface area contributed by atoms with Crippen molar-refractivity contribution in [2.24, 2.45) is 5.92 Å². The first-order chi connectivity index (χ1) is 8.72. The van der Waals surface area contributed by atoms with E-state index >= 15 is 0 Å². The van der Waals surface area contributed by atoms with Gasteiger partial charge >= 0.3 is 5.97 Å². The number of carboxylic acids is 1. The number of methoxy groups -OCH3 is 1. The first kappa shape index (κ1) is 13.0. The second-order valence-corrected chi connectivity index (χ2v) is 4.58. The van der Waals surface area contributed by atoms with Crippen LogP contribution in [0.15, 0.2) is 24.5 Å². The zero-order valence-electron chi connectivity index (χ0n) is 10.5. The van der Waals surface area contributed by atoms with Crippen LogP contribution in [0.2, 0.25) is 0 Å². The van der Waals surface area contributed by atoms with Crippen LogP contribution in [0.25, 0.3) is 0 Å². The van der Waals surface area contributed by atoms with Gasteiger partial charge in [0.25, 0.3) is 0 Å². The molecule has 2 rings (SSSR count). The van der Waals surface area contributed by atoms with Crippen LogP contribution in [0.5, 0.6) is 0 Å². The molecule has 2 heterocycles. The highest BCUT2D eigenvalue weighted by atomic mass is 16.5. The van der Waals surface area contributed by atoms with Gasteiger partial charge in [-0.1, -0.05) is 0 Å². The Kier molecular flexibility index (Phi) is 4.28. The Bertz CT molecular complexity index is 396. The molecule has 1 N–H and O–H groups in total. The van der Waals surface area contributed by atoms with E-state index in [4.69, 9.17) is 4.74 Å². The van der Waals surface area contributed by atoms with Gasteiger partial charge < -0.3 is 9.84 Å². The third kappa shape index (κ3) is 2.86. The second kappa shape index (κ2) is 5.93. The van der Waals surface area contributed by atoms with Crippen LogP contribution >= 0.6 is 0 Å². The average molecular weight is 250 g/mol. The van der Waals surface area contributed by atoms with Crippen molar-refractivity contribution in [1.82, 2.24) is 9.88 Å². The van der Waals surface area contributed by atoms with Crippen molar-refractivity contribution in [3.8, 4) is 0 Å². The summed E-state index contributed by atoms with van der Waals surface area (Å²) < 4.78 is 5.04. The smallest absolute Gasteiger partial charge is 0.308 e. The minimum atomic E-state index is -0.725. The van der Waals surface area contributed by atoms with E-state index in [0.717, 1.165) is 18.7 Å². The predicted octanol–water partition coefficient (Wildman–Crippen LogP) is 0.828. The highest BCUT2D eigenvalue weighted by Crippen LogP contribution is 2.32. The van der Waals surface area contributed by atoms with Gasteiger partial charge in [-0.3, -0.25) is 14.7 Å². The van der Waals surface area contributed by atoms with Gasteiger partial charge in [0, 0.05) is 45.1 Å². The lowest BCUT2D eigenvalue weighted by molar-refractivity contribution is -0.141. The molecule has 0 saturated carbocycles. The molecule has 0 aromatic carbocycles. The number of pyridine rings is 1. The van der Waals surface area contributed by atoms with Crippen LogP contribution in [-0.4, -0.2) is 54.3 Å². The number of ether oxygens (including phenoxy) is 1. The van der Waals surface area contributed by atoms with Crippen molar-refractivity contribution < 1.29 is 14.6 Å². The molecule has 0 aliphatic carbocycles. The van der Waals surface area contributed by atoms with Gasteiger partial charge in [-0.2, -0.15) is 0 Å². The van der Waals surface area contributed by atoms with E-state index < -0.39 is 5.97 Å². The Balaban J connectivity index is 2.10. The number of carbonyl (C=O) groups is 1. The third-order valence-corrected chi connectivity index (χ3v) is 3.46. The van der Waals surface area contributed by atoms with E-state index in [2.05, 4.69) is 9.88 Å². The molecule has 1 aliphatic rings. The first-order valence-electron chi connectivity index (χ1n) is 6.06. The molecule has 1 aromatic heterocycles. The number of nitrogens with zero attached hydrogens (tertiary/aromatic N) is 2. The van der Waals surface area contributed by atoms with Crippen LogP contribution in [0, 0.1) is 5.92 Å². The lowest BCUT2D eigenvalue weighted by Crippen LogP contribution is -2.26. The second-order valence-electron chi connectivity index (χ2n) is 4.58. The monoisotopic (exact) mass is 250 g/mol. The summed E-state index contributed by atoms with van der Waals surface area (Å²) >= 11 is 0. The fraction of sp³-hybridized carbons (Fsp3) is 0.538. The molecule has 0 unspecified atom stereocenters. The minimum absolute atomic E-state index is 0.0438. The van der Waals surface area contributed by atoms with Crippen molar-refractivity contribution in [2.45, 2.75) is 5.92 Å². The molecule has 2 atom stereocenters. The van der Waals surface area contributed by atoms with E-state index in [1.165, 1.54) is 0 Å². The summed E-state index contributed by atoms with van der Waals surface area (Å²) in [4.78, 5) is 17.5. The largest absolute Gasteiger partial charge is 0.481 e. The van der Waals surface area contributed by atoms with Crippen molar-refractivity contribution in [3.05, 3.63) is 30.1 Å². The number of carboxylic acid groups (broad SMARTS) is 1. The summed E-state index contributed by atoms with van der Waals surface area (Å²) in [6.45, 7) is 2.77. The molecular weight excluding hydrogens is 232 g/mol. The van der Waals surface area contributed by atoms with Crippen LogP contribution < -0.4 is 0 Å². The number of likely N-dealkylation sites (tertiary alicyclic amines) is 1. The predicted molar refractivity (Wildman–Crippen MR) is 66.4 cm³/mol. The van der Waals surface area contributed by atoms with Gasteiger partial charge in [0.2, 0.25) is 0 Å². The SMILES string of the molecule is COCCN1C[C@H](C(=O)O)[C@@H](c2ccncc2)C1. The zero-order chi connectivity index (χ0) is 13.0. The molecule has 1 fully saturated rings. The van der Waals surface area contributed by atoms with E-state index in [1.54, 1.807) is 19.5 Å². The van der Waals surface area contributed by atoms with Gasteiger partial charge in [0.05, 0.1) is 12.5 Å². The molecule has 5 nitrogen and oxygen atoms in total. The van der Waals surface area contributed by atoms with E-state index in [-0.39, 0.29) is 11.8 Å². The number of aromatic nitrogens is 1. The topological polar surface area (TPSA) is 62.7 Å². The Morgan fingerprint density at radius 2 is 2.22 bits per heavy atom. The summed E-state index contributed by atoms with van der Waals surface area (Å²) in [6, 6.07) is 3.81. The molecule has 0 radical (unpaired) electrons. The number of aliphatic carboxylic acids is 1. The van der Waals surface area contributed by atoms with Crippen LogP contribution in [0.4, 0.5) is 0 Å². The van der Waals surface area contributed by atoms with E-state index in [1.807, 2.05) is 12.1 Å². The maximum atomic E-state index is 11.3. The fourth-order valence-corrected chi connectivity index (χ4v) is 2.49. The van der Waals surface area contributed by atoms with Crippen molar-refractivity contribution in [2.75, 3.05) is 33.4 Å². The molecular formula is C13H18N2O3. The van der Waals surface area contributed by atoms with Crippen LogP contribution in [-0.2, 0) is 9.53 Å². The van der Waals surface area contributed by atoms with Gasteiger partial charge in [-0.15, -0.1) is 0 Å². The Labute approximate surface area is 106 Å². The van der Waals surface area contributed by atoms with Crippen LogP contribution in [0.1, 0.15) is 11.5 Å². The summed E-state index contributed by atoms with van der Waals surface area (Å²) in [5.74, 6) is -1.02. The molecule has 98 valence electrons. The van der Waals surface area contributed by atoms with Gasteiger partial charge in [-0.05, 0) is 17.7 Å². The summed E-state index contributed by atoms with van der Waals surface area (Å²) in [5.41, 5.74) is 1.05. The van der Waals surface area contributed by atoms with E-state index in [0.29, 0.717) is 13.2 Å². The highest BCUT2D eigenvalue weighted by Gasteiger charge is 2.38. The Morgan fingerprint density at radius 3 is 2.83 bits per heavy atom. The van der Waals surface area contributed by atoms with Gasteiger partial charge in [-0.25, -0.2) is 0 Å². The quantitative estimate of drug-likeness (QED) is 0.838. The van der Waals surface area contributed by atoms with Crippen molar-refractivity contribution in [3.63, 3.8) is 0 Å². The highest BCUT2D eigenvalue weighted by molar-refractivity contribution is 5.72. The number of hydrogen-bond acceptors (Lipinski definition) is 4. The number of hydrogen-bond donors (Lipinski definition) is 1. The third-order valence-electron chi connectivity index (χ3n) is 3.46. The zero-order valence-corrected chi connectivity index (χ0v) is 10.5. The minimum Gasteiger partial charge on any atom is -0.481 e. The van der Waals surface area contributed by atoms with Gasteiger partial charge in [0.1, 0.15) is 0 Å². The first-order valence-corrected chi connectivity index (χ1v) is 6.06. The van der Waals surface area contributed by atoms with Crippen molar-refractivity contribution >= 4 is 5.97 Å². The lowest BCUT2D eigenvalue weighted by Gasteiger charge is -2.15. The molecule has 18 heavy (non-hydrogen) atoms. The Hall–Kier alpha value is -1.46. The lowest BCUT2D eigenvalue weighted by atomic mass is 9.90. The summed E-state index contributed by atoms with van der Waals surface area (Å²) in [6.07, 6.45) is 3.43. The normalized spacial score (nSPS) is 24.3.